The number of benzene rings is 2. The Morgan fingerprint density at radius 2 is 1.00 bits per heavy atom. The molecule has 0 spiro atoms. The Balaban J connectivity index is 1.22. The SMILES string of the molecule is CCN(CCSSCCN(CC)c1ccc(C=C(C)c2cccc[n+]2CCO)cc1)c1ccc(C=C(C)c2cccc[n+]2CCO)cc1. The van der Waals surface area contributed by atoms with Crippen molar-refractivity contribution < 1.29 is 19.3 Å². The van der Waals surface area contributed by atoms with Crippen molar-refractivity contribution in [3.8, 4) is 0 Å². The standard InChI is InChI=1S/C40H52N4O2S2/c1-5-41(37-17-13-35(14-18-37)31-33(3)39-11-7-9-21-43(39)23-27-45)25-29-47-48-30-26-42(6-2)38-19-15-36(16-20-38)32-34(4)40-12-8-10-22-44(40)24-28-46/h7-22,31-32,45-46H,5-6,23-30H2,1-4H3/q+2. The van der Waals surface area contributed by atoms with Gasteiger partial charge in [0.1, 0.15) is 13.2 Å². The Hall–Kier alpha value is -3.56. The van der Waals surface area contributed by atoms with Crippen LogP contribution in [0.5, 0.6) is 0 Å². The Morgan fingerprint density at radius 3 is 1.35 bits per heavy atom. The van der Waals surface area contributed by atoms with E-state index in [2.05, 4.69) is 119 Å². The summed E-state index contributed by atoms with van der Waals surface area (Å²) in [7, 11) is 3.92. The molecule has 2 N–H and O–H groups in total. The third kappa shape index (κ3) is 11.0. The van der Waals surface area contributed by atoms with Crippen molar-refractivity contribution in [2.75, 3.05) is 60.7 Å². The lowest BCUT2D eigenvalue weighted by atomic mass is 10.1. The van der Waals surface area contributed by atoms with Gasteiger partial charge in [0, 0.05) is 84.5 Å². The van der Waals surface area contributed by atoms with Gasteiger partial charge in [-0.2, -0.15) is 9.13 Å². The molecule has 0 radical (unpaired) electrons. The zero-order valence-corrected chi connectivity index (χ0v) is 30.6. The third-order valence-corrected chi connectivity index (χ3v) is 10.8. The topological polar surface area (TPSA) is 54.7 Å². The normalized spacial score (nSPS) is 12.0. The number of nitrogens with zero attached hydrogens (tertiary/aromatic N) is 4. The van der Waals surface area contributed by atoms with Gasteiger partial charge in [0.05, 0.1) is 0 Å². The Morgan fingerprint density at radius 1 is 0.604 bits per heavy atom. The molecule has 0 saturated carbocycles. The maximum atomic E-state index is 9.42. The van der Waals surface area contributed by atoms with E-state index in [0.717, 1.165) is 49.1 Å². The Bertz CT molecular complexity index is 1490. The number of aromatic nitrogens is 2. The molecule has 2 aromatic carbocycles. The van der Waals surface area contributed by atoms with Crippen LogP contribution in [-0.2, 0) is 13.1 Å². The molecule has 254 valence electrons. The van der Waals surface area contributed by atoms with Crippen molar-refractivity contribution >= 4 is 56.3 Å². The number of hydrogen-bond donors (Lipinski definition) is 2. The molecule has 0 bridgehead atoms. The fourth-order valence-corrected chi connectivity index (χ4v) is 7.82. The maximum Gasteiger partial charge on any atom is 0.208 e. The van der Waals surface area contributed by atoms with Crippen molar-refractivity contribution in [1.29, 1.82) is 0 Å². The van der Waals surface area contributed by atoms with Crippen LogP contribution in [0.4, 0.5) is 11.4 Å². The summed E-state index contributed by atoms with van der Waals surface area (Å²) in [6.07, 6.45) is 8.46. The van der Waals surface area contributed by atoms with Crippen LogP contribution in [0.3, 0.4) is 0 Å². The zero-order chi connectivity index (χ0) is 34.1. The van der Waals surface area contributed by atoms with E-state index in [9.17, 15) is 10.2 Å². The average molecular weight is 685 g/mol. The van der Waals surface area contributed by atoms with Crippen LogP contribution in [0.2, 0.25) is 0 Å². The predicted molar refractivity (Wildman–Crippen MR) is 208 cm³/mol. The molecule has 0 unspecified atom stereocenters. The molecule has 0 aliphatic carbocycles. The largest absolute Gasteiger partial charge is 0.390 e. The van der Waals surface area contributed by atoms with E-state index in [1.165, 1.54) is 33.6 Å². The molecular formula is C40H52N4O2S2+2. The second kappa shape index (κ2) is 20.1. The van der Waals surface area contributed by atoms with Crippen molar-refractivity contribution in [3.63, 3.8) is 0 Å². The molecule has 4 rings (SSSR count). The first-order valence-electron chi connectivity index (χ1n) is 17.0. The monoisotopic (exact) mass is 684 g/mol. The van der Waals surface area contributed by atoms with Crippen LogP contribution in [0.25, 0.3) is 23.3 Å². The minimum absolute atomic E-state index is 0.127. The fraction of sp³-hybridized carbons (Fsp3) is 0.350. The fourth-order valence-electron chi connectivity index (χ4n) is 5.84. The van der Waals surface area contributed by atoms with Gasteiger partial charge in [0.25, 0.3) is 0 Å². The van der Waals surface area contributed by atoms with Gasteiger partial charge in [-0.25, -0.2) is 0 Å². The van der Waals surface area contributed by atoms with E-state index in [-0.39, 0.29) is 13.2 Å². The number of anilines is 2. The molecule has 2 heterocycles. The number of hydrogen-bond acceptors (Lipinski definition) is 6. The van der Waals surface area contributed by atoms with Crippen LogP contribution in [0, 0.1) is 0 Å². The highest BCUT2D eigenvalue weighted by molar-refractivity contribution is 8.76. The van der Waals surface area contributed by atoms with Gasteiger partial charge < -0.3 is 20.0 Å². The summed E-state index contributed by atoms with van der Waals surface area (Å²) in [5.41, 5.74) is 9.46. The van der Waals surface area contributed by atoms with Crippen molar-refractivity contribution in [3.05, 3.63) is 120 Å². The van der Waals surface area contributed by atoms with Gasteiger partial charge >= 0.3 is 0 Å². The predicted octanol–water partition coefficient (Wildman–Crippen LogP) is 7.10. The van der Waals surface area contributed by atoms with E-state index >= 15 is 0 Å². The van der Waals surface area contributed by atoms with Gasteiger partial charge in [0.2, 0.25) is 11.4 Å². The lowest BCUT2D eigenvalue weighted by molar-refractivity contribution is -0.700. The van der Waals surface area contributed by atoms with Crippen molar-refractivity contribution in [2.45, 2.75) is 40.8 Å². The summed E-state index contributed by atoms with van der Waals surface area (Å²) in [4.78, 5) is 4.89. The van der Waals surface area contributed by atoms with Gasteiger partial charge in [-0.1, -0.05) is 45.9 Å². The highest BCUT2D eigenvalue weighted by atomic mass is 33.1. The highest BCUT2D eigenvalue weighted by Gasteiger charge is 2.13. The van der Waals surface area contributed by atoms with Gasteiger partial charge in [-0.05, 0) is 87.4 Å². The molecule has 0 amide bonds. The summed E-state index contributed by atoms with van der Waals surface area (Å²) in [5.74, 6) is 2.15. The summed E-state index contributed by atoms with van der Waals surface area (Å²) in [6, 6.07) is 30.0. The zero-order valence-electron chi connectivity index (χ0n) is 29.0. The van der Waals surface area contributed by atoms with Gasteiger partial charge in [-0.3, -0.25) is 0 Å². The number of aliphatic hydroxyl groups is 2. The van der Waals surface area contributed by atoms with Gasteiger partial charge in [-0.15, -0.1) is 0 Å². The first-order valence-corrected chi connectivity index (χ1v) is 19.5. The minimum Gasteiger partial charge on any atom is -0.390 e. The van der Waals surface area contributed by atoms with E-state index in [4.69, 9.17) is 0 Å². The molecule has 8 heteroatoms. The lowest BCUT2D eigenvalue weighted by Gasteiger charge is -2.24. The summed E-state index contributed by atoms with van der Waals surface area (Å²) >= 11 is 0. The highest BCUT2D eigenvalue weighted by Crippen LogP contribution is 2.25. The average Bonchev–Trinajstić information content (AvgIpc) is 3.11. The van der Waals surface area contributed by atoms with Crippen LogP contribution in [0.15, 0.2) is 97.3 Å². The molecule has 6 nitrogen and oxygen atoms in total. The van der Waals surface area contributed by atoms with Crippen molar-refractivity contribution in [2.24, 2.45) is 0 Å². The second-order valence-electron chi connectivity index (χ2n) is 11.6. The molecule has 0 aliphatic rings. The minimum atomic E-state index is 0.127. The Labute approximate surface area is 295 Å². The lowest BCUT2D eigenvalue weighted by Crippen LogP contribution is -2.38. The molecular weight excluding hydrogens is 633 g/mol. The van der Waals surface area contributed by atoms with E-state index in [0.29, 0.717) is 13.1 Å². The van der Waals surface area contributed by atoms with Crippen LogP contribution in [-0.4, -0.2) is 61.1 Å². The second-order valence-corrected chi connectivity index (χ2v) is 14.3. The Kier molecular flexibility index (Phi) is 15.6. The maximum absolute atomic E-state index is 9.42. The summed E-state index contributed by atoms with van der Waals surface area (Å²) in [6.45, 7) is 14.1. The van der Waals surface area contributed by atoms with Crippen LogP contribution < -0.4 is 18.9 Å². The molecule has 0 atom stereocenters. The molecule has 0 saturated heterocycles. The molecule has 48 heavy (non-hydrogen) atoms. The van der Waals surface area contributed by atoms with Crippen LogP contribution in [0.1, 0.15) is 50.2 Å². The van der Waals surface area contributed by atoms with Gasteiger partial charge in [0.15, 0.2) is 25.5 Å². The van der Waals surface area contributed by atoms with Crippen molar-refractivity contribution in [1.82, 2.24) is 0 Å². The van der Waals surface area contributed by atoms with E-state index in [1.807, 2.05) is 58.2 Å². The number of aliphatic hydroxyl groups excluding tert-OH is 2. The summed E-state index contributed by atoms with van der Waals surface area (Å²) in [5, 5.41) is 18.8. The smallest absolute Gasteiger partial charge is 0.208 e. The molecule has 4 aromatic rings. The van der Waals surface area contributed by atoms with E-state index in [1.54, 1.807) is 0 Å². The number of pyridine rings is 2. The first-order chi connectivity index (χ1) is 23.5. The quantitative estimate of drug-likeness (QED) is 0.0625. The molecule has 2 aromatic heterocycles. The third-order valence-electron chi connectivity index (χ3n) is 8.39. The van der Waals surface area contributed by atoms with Crippen LogP contribution >= 0.6 is 21.6 Å². The number of allylic oxidation sites excluding steroid dienone is 2. The molecule has 0 aliphatic heterocycles. The van der Waals surface area contributed by atoms with E-state index < -0.39 is 0 Å². The number of rotatable bonds is 19. The molecule has 0 fully saturated rings. The first kappa shape index (κ1) is 37.3. The summed E-state index contributed by atoms with van der Waals surface area (Å²) < 4.78 is 4.18.